The van der Waals surface area contributed by atoms with E-state index in [0.29, 0.717) is 6.04 Å². The van der Waals surface area contributed by atoms with Crippen molar-refractivity contribution in [1.82, 2.24) is 5.32 Å². The van der Waals surface area contributed by atoms with Crippen LogP contribution in [-0.2, 0) is 0 Å². The van der Waals surface area contributed by atoms with Crippen LogP contribution in [0, 0.1) is 0 Å². The van der Waals surface area contributed by atoms with Gasteiger partial charge < -0.3 is 11.1 Å². The minimum Gasteiger partial charge on any atom is -0.390 e. The minimum atomic E-state index is 0.519. The lowest BCUT2D eigenvalue weighted by Gasteiger charge is -2.23. The van der Waals surface area contributed by atoms with Gasteiger partial charge in [-0.25, -0.2) is 0 Å². The Morgan fingerprint density at radius 3 is 3.00 bits per heavy atom. The molecule has 0 amide bonds. The normalized spacial score (nSPS) is 24.2. The molecule has 0 aromatic carbocycles. The lowest BCUT2D eigenvalue weighted by molar-refractivity contribution is 0.414. The fourth-order valence-corrected chi connectivity index (χ4v) is 2.44. The predicted molar refractivity (Wildman–Crippen MR) is 53.3 cm³/mol. The third-order valence-corrected chi connectivity index (χ3v) is 3.17. The fourth-order valence-electron chi connectivity index (χ4n) is 1.74. The van der Waals surface area contributed by atoms with E-state index in [1.54, 1.807) is 11.3 Å². The van der Waals surface area contributed by atoms with Crippen LogP contribution in [0.15, 0.2) is 11.4 Å². The van der Waals surface area contributed by atoms with Gasteiger partial charge in [0.2, 0.25) is 0 Å². The monoisotopic (exact) mass is 182 g/mol. The van der Waals surface area contributed by atoms with E-state index in [1.807, 2.05) is 0 Å². The molecule has 0 aliphatic carbocycles. The van der Waals surface area contributed by atoms with Crippen LogP contribution >= 0.6 is 11.3 Å². The number of hydrogen-bond donors (Lipinski definition) is 2. The van der Waals surface area contributed by atoms with Gasteiger partial charge >= 0.3 is 0 Å². The molecule has 0 saturated carbocycles. The lowest BCUT2D eigenvalue weighted by Crippen LogP contribution is -2.26. The topological polar surface area (TPSA) is 38.0 Å². The number of anilines is 1. The number of nitrogens with one attached hydrogen (secondary N) is 1. The summed E-state index contributed by atoms with van der Waals surface area (Å²) in [6.45, 7) is 1.14. The Kier molecular flexibility index (Phi) is 2.33. The van der Waals surface area contributed by atoms with Crippen LogP contribution in [-0.4, -0.2) is 6.54 Å². The van der Waals surface area contributed by atoms with Crippen LogP contribution < -0.4 is 11.1 Å². The highest BCUT2D eigenvalue weighted by molar-refractivity contribution is 7.14. The van der Waals surface area contributed by atoms with Gasteiger partial charge in [-0.15, -0.1) is 11.3 Å². The predicted octanol–water partition coefficient (Wildman–Crippen LogP) is 2.14. The van der Waals surface area contributed by atoms with E-state index in [1.165, 1.54) is 24.8 Å². The molecule has 1 aliphatic rings. The number of thiophene rings is 1. The van der Waals surface area contributed by atoms with Crippen molar-refractivity contribution in [3.63, 3.8) is 0 Å². The molecule has 0 bridgehead atoms. The van der Waals surface area contributed by atoms with Crippen LogP contribution in [0.3, 0.4) is 0 Å². The van der Waals surface area contributed by atoms with E-state index < -0.39 is 0 Å². The first-order valence-electron chi connectivity index (χ1n) is 4.44. The van der Waals surface area contributed by atoms with Gasteiger partial charge in [-0.3, -0.25) is 0 Å². The van der Waals surface area contributed by atoms with Crippen LogP contribution in [0.5, 0.6) is 0 Å². The molecule has 1 atom stereocenters. The maximum Gasteiger partial charge on any atom is 0.0904 e. The van der Waals surface area contributed by atoms with E-state index in [9.17, 15) is 0 Å². The molecule has 1 aromatic heterocycles. The van der Waals surface area contributed by atoms with E-state index >= 15 is 0 Å². The van der Waals surface area contributed by atoms with E-state index in [0.717, 1.165) is 11.5 Å². The summed E-state index contributed by atoms with van der Waals surface area (Å²) in [5, 5.41) is 6.54. The highest BCUT2D eigenvalue weighted by atomic mass is 32.1. The minimum absolute atomic E-state index is 0.519. The Hall–Kier alpha value is -0.540. The molecule has 1 aliphatic heterocycles. The second-order valence-corrected chi connectivity index (χ2v) is 4.19. The number of hydrogen-bond acceptors (Lipinski definition) is 3. The van der Waals surface area contributed by atoms with Gasteiger partial charge in [0.25, 0.3) is 0 Å². The zero-order valence-corrected chi connectivity index (χ0v) is 7.86. The van der Waals surface area contributed by atoms with Gasteiger partial charge in [-0.2, -0.15) is 0 Å². The smallest absolute Gasteiger partial charge is 0.0904 e. The van der Waals surface area contributed by atoms with Crippen molar-refractivity contribution in [2.24, 2.45) is 0 Å². The molecule has 2 rings (SSSR count). The second-order valence-electron chi connectivity index (χ2n) is 3.24. The van der Waals surface area contributed by atoms with Crippen molar-refractivity contribution < 1.29 is 0 Å². The molecule has 3 heteroatoms. The van der Waals surface area contributed by atoms with Crippen molar-refractivity contribution >= 4 is 16.3 Å². The summed E-state index contributed by atoms with van der Waals surface area (Å²) in [6, 6.07) is 2.66. The lowest BCUT2D eigenvalue weighted by atomic mass is 9.99. The standard InChI is InChI=1S/C9H14N2S/c10-9-7(4-6-12-9)8-3-1-2-5-11-8/h4,6,8,11H,1-3,5,10H2/t8-/m1/s1. The fraction of sp³-hybridized carbons (Fsp3) is 0.556. The van der Waals surface area contributed by atoms with E-state index in [4.69, 9.17) is 5.73 Å². The highest BCUT2D eigenvalue weighted by Crippen LogP contribution is 2.30. The summed E-state index contributed by atoms with van der Waals surface area (Å²) in [5.41, 5.74) is 7.16. The van der Waals surface area contributed by atoms with E-state index in [2.05, 4.69) is 16.8 Å². The number of piperidine rings is 1. The molecule has 2 heterocycles. The molecule has 3 N–H and O–H groups in total. The molecule has 1 fully saturated rings. The van der Waals surface area contributed by atoms with Gasteiger partial charge in [-0.05, 0) is 30.8 Å². The Balaban J connectivity index is 2.13. The zero-order valence-electron chi connectivity index (χ0n) is 7.05. The molecular formula is C9H14N2S. The molecule has 66 valence electrons. The summed E-state index contributed by atoms with van der Waals surface area (Å²) in [7, 11) is 0. The maximum absolute atomic E-state index is 5.85. The third kappa shape index (κ3) is 1.47. The average molecular weight is 182 g/mol. The van der Waals surface area contributed by atoms with Gasteiger partial charge in [0, 0.05) is 11.6 Å². The Bertz CT molecular complexity index is 251. The van der Waals surface area contributed by atoms with Gasteiger partial charge in [0.15, 0.2) is 0 Å². The molecular weight excluding hydrogens is 168 g/mol. The van der Waals surface area contributed by atoms with Crippen molar-refractivity contribution in [3.8, 4) is 0 Å². The second kappa shape index (κ2) is 3.46. The summed E-state index contributed by atoms with van der Waals surface area (Å²) < 4.78 is 0. The molecule has 0 unspecified atom stereocenters. The van der Waals surface area contributed by atoms with Crippen LogP contribution in [0.2, 0.25) is 0 Å². The Morgan fingerprint density at radius 2 is 2.42 bits per heavy atom. The van der Waals surface area contributed by atoms with Crippen molar-refractivity contribution in [1.29, 1.82) is 0 Å². The molecule has 1 saturated heterocycles. The first-order valence-corrected chi connectivity index (χ1v) is 5.32. The highest BCUT2D eigenvalue weighted by Gasteiger charge is 2.16. The third-order valence-electron chi connectivity index (χ3n) is 2.41. The largest absolute Gasteiger partial charge is 0.390 e. The van der Waals surface area contributed by atoms with Gasteiger partial charge in [-0.1, -0.05) is 6.42 Å². The summed E-state index contributed by atoms with van der Waals surface area (Å²) in [5.74, 6) is 0. The number of nitrogens with two attached hydrogens (primary N) is 1. The van der Waals surface area contributed by atoms with Crippen LogP contribution in [0.4, 0.5) is 5.00 Å². The molecule has 2 nitrogen and oxygen atoms in total. The number of rotatable bonds is 1. The first kappa shape index (κ1) is 8.08. The Morgan fingerprint density at radius 1 is 1.50 bits per heavy atom. The number of nitrogen functional groups attached to an aromatic ring is 1. The molecule has 0 spiro atoms. The first-order chi connectivity index (χ1) is 5.88. The molecule has 12 heavy (non-hydrogen) atoms. The van der Waals surface area contributed by atoms with Crippen molar-refractivity contribution in [2.75, 3.05) is 12.3 Å². The van der Waals surface area contributed by atoms with Crippen LogP contribution in [0.25, 0.3) is 0 Å². The zero-order chi connectivity index (χ0) is 8.39. The summed E-state index contributed by atoms with van der Waals surface area (Å²) in [4.78, 5) is 0. The average Bonchev–Trinajstić information content (AvgIpc) is 2.53. The van der Waals surface area contributed by atoms with Gasteiger partial charge in [0.05, 0.1) is 5.00 Å². The van der Waals surface area contributed by atoms with Crippen LogP contribution in [0.1, 0.15) is 30.9 Å². The maximum atomic E-state index is 5.85. The van der Waals surface area contributed by atoms with E-state index in [-0.39, 0.29) is 0 Å². The summed E-state index contributed by atoms with van der Waals surface area (Å²) >= 11 is 1.64. The SMILES string of the molecule is Nc1sccc1[C@H]1CCCCN1. The molecule has 0 radical (unpaired) electrons. The molecule has 1 aromatic rings. The van der Waals surface area contributed by atoms with Crippen molar-refractivity contribution in [3.05, 3.63) is 17.0 Å². The summed E-state index contributed by atoms with van der Waals surface area (Å²) in [6.07, 6.45) is 3.87. The van der Waals surface area contributed by atoms with Crippen molar-refractivity contribution in [2.45, 2.75) is 25.3 Å². The Labute approximate surface area is 76.8 Å². The quantitative estimate of drug-likeness (QED) is 0.698. The van der Waals surface area contributed by atoms with Gasteiger partial charge in [0.1, 0.15) is 0 Å².